The van der Waals surface area contributed by atoms with Crippen molar-refractivity contribution < 1.29 is 21.8 Å². The van der Waals surface area contributed by atoms with Crippen molar-refractivity contribution in [2.45, 2.75) is 57.7 Å². The van der Waals surface area contributed by atoms with Crippen LogP contribution in [0.3, 0.4) is 0 Å². The van der Waals surface area contributed by atoms with E-state index in [0.29, 0.717) is 17.6 Å². The van der Waals surface area contributed by atoms with Gasteiger partial charge in [0.1, 0.15) is 6.61 Å². The van der Waals surface area contributed by atoms with Crippen LogP contribution in [0, 0.1) is 20.8 Å². The van der Waals surface area contributed by atoms with Gasteiger partial charge in [-0.05, 0) is 56.6 Å². The standard InChI is InChI=1S/C23H26NOP.C5H8.2CH3.Fe/c1-17(2)21-16-25-23(24-21)20-14-9-15-22(20)26(18-10-5-3-6-11-18)19-12-7-4-8-13-19;1-2-4-5-3-1;;;/h3-8,10-14,17,21-22H,9,15-16H2,1-2H3;1-2H,3-5H2;2*1H3;/q;;2*-1;+2/t21-,22?;;;;/m1..../s1. The van der Waals surface area contributed by atoms with Gasteiger partial charge in [0, 0.05) is 11.2 Å². The predicted octanol–water partition coefficient (Wildman–Crippen LogP) is 7.29. The van der Waals surface area contributed by atoms with Gasteiger partial charge in [-0.25, -0.2) is 4.99 Å². The van der Waals surface area contributed by atoms with E-state index >= 15 is 0 Å². The second-order valence-corrected chi connectivity index (χ2v) is 11.1. The maximum absolute atomic E-state index is 6.06. The Morgan fingerprint density at radius 1 is 0.853 bits per heavy atom. The number of hydrogen-bond acceptors (Lipinski definition) is 2. The van der Waals surface area contributed by atoms with Crippen molar-refractivity contribution in [2.24, 2.45) is 10.9 Å². The smallest absolute Gasteiger partial charge is 0.475 e. The number of allylic oxidation sites excluding steroid dienone is 3. The van der Waals surface area contributed by atoms with Crippen LogP contribution < -0.4 is 10.6 Å². The topological polar surface area (TPSA) is 21.6 Å². The van der Waals surface area contributed by atoms with Gasteiger partial charge in [-0.3, -0.25) is 0 Å². The van der Waals surface area contributed by atoms with Gasteiger partial charge >= 0.3 is 17.1 Å². The molecule has 4 heteroatoms. The molecule has 3 aliphatic rings. The fourth-order valence-electron chi connectivity index (χ4n) is 4.35. The monoisotopic (exact) mass is 517 g/mol. The average molecular weight is 517 g/mol. The van der Waals surface area contributed by atoms with Crippen molar-refractivity contribution in [3.63, 3.8) is 0 Å². The van der Waals surface area contributed by atoms with Gasteiger partial charge < -0.3 is 19.6 Å². The summed E-state index contributed by atoms with van der Waals surface area (Å²) in [7, 11) is -0.466. The van der Waals surface area contributed by atoms with E-state index in [1.54, 1.807) is 0 Å². The molecule has 2 aromatic carbocycles. The van der Waals surface area contributed by atoms with Crippen LogP contribution in [0.4, 0.5) is 0 Å². The van der Waals surface area contributed by atoms with E-state index in [9.17, 15) is 0 Å². The predicted molar refractivity (Wildman–Crippen MR) is 148 cm³/mol. The summed E-state index contributed by atoms with van der Waals surface area (Å²) in [5, 5.41) is 2.87. The van der Waals surface area contributed by atoms with Gasteiger partial charge in [-0.1, -0.05) is 92.7 Å². The molecule has 184 valence electrons. The minimum Gasteiger partial charge on any atom is -0.475 e. The van der Waals surface area contributed by atoms with Crippen molar-refractivity contribution in [3.8, 4) is 0 Å². The Bertz CT molecular complexity index is 878. The van der Waals surface area contributed by atoms with E-state index < -0.39 is 7.92 Å². The molecular weight excluding hydrogens is 477 g/mol. The summed E-state index contributed by atoms with van der Waals surface area (Å²) in [6, 6.07) is 22.3. The molecule has 0 radical (unpaired) electrons. The minimum atomic E-state index is -0.466. The Morgan fingerprint density at radius 3 is 1.85 bits per heavy atom. The molecule has 1 unspecified atom stereocenters. The quantitative estimate of drug-likeness (QED) is 0.177. The summed E-state index contributed by atoms with van der Waals surface area (Å²) in [4.78, 5) is 4.93. The molecule has 0 aromatic heterocycles. The molecule has 0 spiro atoms. The first-order valence-electron chi connectivity index (χ1n) is 11.7. The van der Waals surface area contributed by atoms with Crippen LogP contribution in [-0.4, -0.2) is 24.2 Å². The summed E-state index contributed by atoms with van der Waals surface area (Å²) in [6.07, 6.45) is 13.2. The Hall–Kier alpha value is -1.66. The Labute approximate surface area is 220 Å². The molecule has 34 heavy (non-hydrogen) atoms. The molecule has 1 aliphatic heterocycles. The average Bonchev–Trinajstić information content (AvgIpc) is 3.58. The molecule has 2 atom stereocenters. The molecule has 0 bridgehead atoms. The summed E-state index contributed by atoms with van der Waals surface area (Å²) in [5.41, 5.74) is 1.83. The number of rotatable bonds is 5. The Kier molecular flexibility index (Phi) is 13.7. The third kappa shape index (κ3) is 7.67. The van der Waals surface area contributed by atoms with E-state index in [1.807, 2.05) is 0 Å². The summed E-state index contributed by atoms with van der Waals surface area (Å²) in [6.45, 7) is 5.18. The van der Waals surface area contributed by atoms with E-state index in [0.717, 1.165) is 18.9 Å². The number of ether oxygens (including phenoxy) is 1. The first-order valence-corrected chi connectivity index (χ1v) is 13.1. The number of benzene rings is 2. The van der Waals surface area contributed by atoms with Gasteiger partial charge in [-0.15, -0.1) is 0 Å². The Morgan fingerprint density at radius 2 is 1.41 bits per heavy atom. The summed E-state index contributed by atoms with van der Waals surface area (Å²) >= 11 is 0. The fraction of sp³-hybridized carbons (Fsp3) is 0.367. The van der Waals surface area contributed by atoms with Gasteiger partial charge in [-0.2, -0.15) is 0 Å². The first kappa shape index (κ1) is 30.4. The second-order valence-electron chi connectivity index (χ2n) is 8.75. The summed E-state index contributed by atoms with van der Waals surface area (Å²) < 4.78 is 6.06. The normalized spacial score (nSPS) is 20.2. The molecule has 1 heterocycles. The van der Waals surface area contributed by atoms with Gasteiger partial charge in [0.05, 0.1) is 6.04 Å². The van der Waals surface area contributed by atoms with Crippen LogP contribution in [0.15, 0.2) is 89.5 Å². The van der Waals surface area contributed by atoms with E-state index in [1.165, 1.54) is 41.9 Å². The number of aliphatic imine (C=N–C) groups is 1. The maximum Gasteiger partial charge on any atom is 2.00 e. The Balaban J connectivity index is 0.000000646. The van der Waals surface area contributed by atoms with Crippen LogP contribution >= 0.6 is 7.92 Å². The third-order valence-corrected chi connectivity index (χ3v) is 9.01. The fourth-order valence-corrected chi connectivity index (χ4v) is 7.26. The molecule has 0 fully saturated rings. The van der Waals surface area contributed by atoms with Crippen LogP contribution in [0.1, 0.15) is 46.0 Å². The van der Waals surface area contributed by atoms with Crippen molar-refractivity contribution in [1.82, 2.24) is 0 Å². The van der Waals surface area contributed by atoms with Gasteiger partial charge in [0.2, 0.25) is 5.90 Å². The molecule has 2 aromatic rings. The van der Waals surface area contributed by atoms with Crippen molar-refractivity contribution in [3.05, 3.63) is 99.3 Å². The number of hydrogen-bond donors (Lipinski definition) is 0. The van der Waals surface area contributed by atoms with Gasteiger partial charge in [0.25, 0.3) is 0 Å². The zero-order valence-electron chi connectivity index (χ0n) is 21.1. The van der Waals surface area contributed by atoms with Crippen LogP contribution in [-0.2, 0) is 21.8 Å². The molecule has 0 saturated heterocycles. The first-order chi connectivity index (χ1) is 15.2. The van der Waals surface area contributed by atoms with Crippen molar-refractivity contribution in [2.75, 3.05) is 6.61 Å². The SMILES string of the molecule is C1=CCCC1.CC(C)[C@H]1COC(C2=CCCC2P(c2ccccc2)c2ccccc2)=N1.[CH3-].[CH3-].[Fe+2]. The van der Waals surface area contributed by atoms with Crippen LogP contribution in [0.5, 0.6) is 0 Å². The van der Waals surface area contributed by atoms with E-state index in [2.05, 4.69) is 92.7 Å². The molecule has 2 aliphatic carbocycles. The van der Waals surface area contributed by atoms with E-state index in [4.69, 9.17) is 9.73 Å². The largest absolute Gasteiger partial charge is 2.00 e. The molecule has 0 N–H and O–H groups in total. The number of nitrogens with zero attached hydrogens (tertiary/aromatic N) is 1. The molecule has 0 amide bonds. The van der Waals surface area contributed by atoms with Gasteiger partial charge in [0.15, 0.2) is 0 Å². The maximum atomic E-state index is 6.06. The van der Waals surface area contributed by atoms with E-state index in [-0.39, 0.29) is 31.9 Å². The zero-order valence-corrected chi connectivity index (χ0v) is 23.1. The molecule has 5 rings (SSSR count). The zero-order chi connectivity index (χ0) is 21.5. The molecular formula is C30H40FeNOP. The molecule has 2 nitrogen and oxygen atoms in total. The molecule has 0 saturated carbocycles. The van der Waals surface area contributed by atoms with Crippen LogP contribution in [0.2, 0.25) is 0 Å². The van der Waals surface area contributed by atoms with Crippen molar-refractivity contribution >= 4 is 24.4 Å². The van der Waals surface area contributed by atoms with Crippen LogP contribution in [0.25, 0.3) is 0 Å². The van der Waals surface area contributed by atoms with Crippen molar-refractivity contribution in [1.29, 1.82) is 0 Å². The second kappa shape index (κ2) is 15.4. The third-order valence-electron chi connectivity index (χ3n) is 6.14. The minimum absolute atomic E-state index is 0. The summed E-state index contributed by atoms with van der Waals surface area (Å²) in [5.74, 6) is 1.43.